The molecule has 1 N–H and O–H groups in total. The third kappa shape index (κ3) is 2.14. The highest BCUT2D eigenvalue weighted by Gasteiger charge is 2.63. The molecule has 1 aromatic rings. The fourth-order valence-corrected chi connectivity index (χ4v) is 3.14. The van der Waals surface area contributed by atoms with Gasteiger partial charge in [-0.1, -0.05) is 27.7 Å². The predicted octanol–water partition coefficient (Wildman–Crippen LogP) is 0.856. The van der Waals surface area contributed by atoms with Crippen LogP contribution in [0.25, 0.3) is 0 Å². The molecule has 112 valence electrons. The molecule has 0 aliphatic heterocycles. The molecular formula is C15H25N3O2. The average molecular weight is 279 g/mol. The van der Waals surface area contributed by atoms with Crippen molar-refractivity contribution in [2.24, 2.45) is 30.8 Å². The summed E-state index contributed by atoms with van der Waals surface area (Å²) >= 11 is 0. The number of nitrogens with zero attached hydrogens (tertiary/aromatic N) is 2. The molecule has 0 aromatic carbocycles. The molecule has 1 aliphatic rings. The monoisotopic (exact) mass is 279 g/mol. The van der Waals surface area contributed by atoms with E-state index >= 15 is 0 Å². The van der Waals surface area contributed by atoms with Crippen molar-refractivity contribution in [2.45, 2.75) is 34.2 Å². The Bertz CT molecular complexity index is 623. The molecule has 5 nitrogen and oxygen atoms in total. The standard InChI is InChI=1S/C15H25N3O2/c1-14(2)11(15(14,3)4)9-16-8-10-7-12(19)18(6)13(20)17(10)5/h7,11,16H,8-9H2,1-6H3. The van der Waals surface area contributed by atoms with Gasteiger partial charge in [0.1, 0.15) is 0 Å². The first-order valence-corrected chi connectivity index (χ1v) is 7.07. The maximum absolute atomic E-state index is 11.8. The van der Waals surface area contributed by atoms with Gasteiger partial charge in [0.25, 0.3) is 5.56 Å². The summed E-state index contributed by atoms with van der Waals surface area (Å²) in [5, 5.41) is 3.38. The third-order valence-corrected chi connectivity index (χ3v) is 5.60. The summed E-state index contributed by atoms with van der Waals surface area (Å²) in [6.45, 7) is 10.6. The van der Waals surface area contributed by atoms with E-state index in [-0.39, 0.29) is 11.2 Å². The molecular weight excluding hydrogens is 254 g/mol. The Morgan fingerprint density at radius 3 is 2.15 bits per heavy atom. The minimum Gasteiger partial charge on any atom is -0.311 e. The molecule has 1 aromatic heterocycles. The Hall–Kier alpha value is -1.36. The fraction of sp³-hybridized carbons (Fsp3) is 0.733. The first kappa shape index (κ1) is 15.0. The van der Waals surface area contributed by atoms with Gasteiger partial charge >= 0.3 is 5.69 Å². The van der Waals surface area contributed by atoms with Gasteiger partial charge in [-0.15, -0.1) is 0 Å². The first-order chi connectivity index (χ1) is 9.10. The highest BCUT2D eigenvalue weighted by molar-refractivity contribution is 5.13. The van der Waals surface area contributed by atoms with Crippen LogP contribution >= 0.6 is 0 Å². The van der Waals surface area contributed by atoms with Crippen LogP contribution in [0, 0.1) is 16.7 Å². The van der Waals surface area contributed by atoms with Crippen LogP contribution in [0.5, 0.6) is 0 Å². The summed E-state index contributed by atoms with van der Waals surface area (Å²) in [6, 6.07) is 1.53. The number of hydrogen-bond acceptors (Lipinski definition) is 3. The van der Waals surface area contributed by atoms with Gasteiger partial charge < -0.3 is 5.32 Å². The Morgan fingerprint density at radius 2 is 1.65 bits per heavy atom. The van der Waals surface area contributed by atoms with Crippen molar-refractivity contribution < 1.29 is 0 Å². The number of hydrogen-bond donors (Lipinski definition) is 1. The van der Waals surface area contributed by atoms with Gasteiger partial charge in [0.15, 0.2) is 0 Å². The first-order valence-electron chi connectivity index (χ1n) is 7.07. The summed E-state index contributed by atoms with van der Waals surface area (Å²) in [5.74, 6) is 0.624. The SMILES string of the molecule is Cn1c(CNCC2C(C)(C)C2(C)C)cc(=O)n(C)c1=O. The molecule has 0 bridgehead atoms. The molecule has 0 amide bonds. The maximum Gasteiger partial charge on any atom is 0.330 e. The molecule has 0 spiro atoms. The normalized spacial score (nSPS) is 20.1. The third-order valence-electron chi connectivity index (χ3n) is 5.60. The van der Waals surface area contributed by atoms with Gasteiger partial charge in [0.2, 0.25) is 0 Å². The zero-order valence-corrected chi connectivity index (χ0v) is 13.3. The highest BCUT2D eigenvalue weighted by atomic mass is 16.2. The Morgan fingerprint density at radius 1 is 1.10 bits per heavy atom. The van der Waals surface area contributed by atoms with Crippen LogP contribution in [-0.2, 0) is 20.6 Å². The van der Waals surface area contributed by atoms with E-state index in [1.807, 2.05) is 0 Å². The van der Waals surface area contributed by atoms with Crippen molar-refractivity contribution in [1.29, 1.82) is 0 Å². The average Bonchev–Trinajstić information content (AvgIpc) is 2.75. The van der Waals surface area contributed by atoms with Crippen molar-refractivity contribution in [3.8, 4) is 0 Å². The van der Waals surface area contributed by atoms with E-state index in [4.69, 9.17) is 0 Å². The fourth-order valence-electron chi connectivity index (χ4n) is 3.14. The zero-order valence-electron chi connectivity index (χ0n) is 13.3. The van der Waals surface area contributed by atoms with Crippen LogP contribution in [0.4, 0.5) is 0 Å². The van der Waals surface area contributed by atoms with Crippen LogP contribution in [0.1, 0.15) is 33.4 Å². The predicted molar refractivity (Wildman–Crippen MR) is 79.7 cm³/mol. The van der Waals surface area contributed by atoms with E-state index in [1.165, 1.54) is 17.7 Å². The summed E-state index contributed by atoms with van der Waals surface area (Å²) in [5.41, 5.74) is 0.893. The lowest BCUT2D eigenvalue weighted by Crippen LogP contribution is -2.39. The number of aromatic nitrogens is 2. The van der Waals surface area contributed by atoms with Crippen molar-refractivity contribution in [3.05, 3.63) is 32.6 Å². The second-order valence-corrected chi connectivity index (χ2v) is 7.00. The quantitative estimate of drug-likeness (QED) is 0.889. The molecule has 1 heterocycles. The molecule has 1 aliphatic carbocycles. The van der Waals surface area contributed by atoms with E-state index < -0.39 is 0 Å². The zero-order chi connectivity index (χ0) is 15.3. The Labute approximate surface area is 119 Å². The summed E-state index contributed by atoms with van der Waals surface area (Å²) in [7, 11) is 3.20. The van der Waals surface area contributed by atoms with Gasteiger partial charge in [-0.3, -0.25) is 13.9 Å². The highest BCUT2D eigenvalue weighted by Crippen LogP contribution is 2.67. The van der Waals surface area contributed by atoms with Gasteiger partial charge in [-0.25, -0.2) is 4.79 Å². The Balaban J connectivity index is 2.04. The molecule has 0 atom stereocenters. The van der Waals surface area contributed by atoms with Gasteiger partial charge in [0.05, 0.1) is 0 Å². The van der Waals surface area contributed by atoms with Crippen LogP contribution in [-0.4, -0.2) is 15.7 Å². The van der Waals surface area contributed by atoms with Crippen molar-refractivity contribution in [2.75, 3.05) is 6.54 Å². The molecule has 5 heteroatoms. The largest absolute Gasteiger partial charge is 0.330 e. The number of nitrogens with one attached hydrogen (secondary N) is 1. The van der Waals surface area contributed by atoms with Gasteiger partial charge in [-0.2, -0.15) is 0 Å². The molecule has 0 saturated heterocycles. The van der Waals surface area contributed by atoms with Crippen LogP contribution < -0.4 is 16.6 Å². The Kier molecular flexibility index (Phi) is 3.45. The van der Waals surface area contributed by atoms with Crippen LogP contribution in [0.3, 0.4) is 0 Å². The summed E-state index contributed by atoms with van der Waals surface area (Å²) in [4.78, 5) is 23.5. The molecule has 0 unspecified atom stereocenters. The van der Waals surface area contributed by atoms with Crippen LogP contribution in [0.15, 0.2) is 15.7 Å². The van der Waals surface area contributed by atoms with Crippen molar-refractivity contribution in [3.63, 3.8) is 0 Å². The second-order valence-electron chi connectivity index (χ2n) is 7.00. The number of rotatable bonds is 4. The molecule has 20 heavy (non-hydrogen) atoms. The second kappa shape index (κ2) is 4.58. The summed E-state index contributed by atoms with van der Waals surface area (Å²) < 4.78 is 2.65. The lowest BCUT2D eigenvalue weighted by atomic mass is 10.0. The van der Waals surface area contributed by atoms with Crippen molar-refractivity contribution >= 4 is 0 Å². The van der Waals surface area contributed by atoms with Gasteiger partial charge in [-0.05, 0) is 23.3 Å². The van der Waals surface area contributed by atoms with Crippen LogP contribution in [0.2, 0.25) is 0 Å². The molecule has 0 radical (unpaired) electrons. The lowest BCUT2D eigenvalue weighted by molar-refractivity contribution is 0.457. The smallest absolute Gasteiger partial charge is 0.311 e. The topological polar surface area (TPSA) is 56.0 Å². The lowest BCUT2D eigenvalue weighted by Gasteiger charge is -2.11. The van der Waals surface area contributed by atoms with E-state index in [9.17, 15) is 9.59 Å². The minimum atomic E-state index is -0.276. The van der Waals surface area contributed by atoms with E-state index in [0.29, 0.717) is 23.3 Å². The van der Waals surface area contributed by atoms with E-state index in [2.05, 4.69) is 33.0 Å². The summed E-state index contributed by atoms with van der Waals surface area (Å²) in [6.07, 6.45) is 0. The molecule has 1 saturated carbocycles. The van der Waals surface area contributed by atoms with E-state index in [1.54, 1.807) is 7.05 Å². The minimum absolute atomic E-state index is 0.253. The molecule has 1 fully saturated rings. The van der Waals surface area contributed by atoms with Crippen molar-refractivity contribution in [1.82, 2.24) is 14.5 Å². The maximum atomic E-state index is 11.8. The molecule has 2 rings (SSSR count). The van der Waals surface area contributed by atoms with E-state index in [0.717, 1.165) is 16.8 Å². The van der Waals surface area contributed by atoms with Gasteiger partial charge in [0, 0.05) is 32.4 Å².